The number of carbonyl (C=O) groups is 1. The molecule has 2 aromatic rings. The summed E-state index contributed by atoms with van der Waals surface area (Å²) in [6, 6.07) is 7.11. The van der Waals surface area contributed by atoms with E-state index in [1.165, 1.54) is 11.2 Å². The van der Waals surface area contributed by atoms with Crippen molar-refractivity contribution in [2.75, 3.05) is 18.6 Å². The Morgan fingerprint density at radius 1 is 1.36 bits per heavy atom. The van der Waals surface area contributed by atoms with Crippen molar-refractivity contribution in [2.24, 2.45) is 0 Å². The molecule has 7 nitrogen and oxygen atoms in total. The fraction of sp³-hybridized carbons (Fsp3) is 0.471. The number of benzene rings is 1. The van der Waals surface area contributed by atoms with Crippen LogP contribution in [0.25, 0.3) is 11.4 Å². The fourth-order valence-electron chi connectivity index (χ4n) is 3.08. The molecule has 1 unspecified atom stereocenters. The van der Waals surface area contributed by atoms with Crippen molar-refractivity contribution < 1.29 is 13.2 Å². The zero-order chi connectivity index (χ0) is 18.2. The molecular weight excluding hydrogens is 340 g/mol. The molecule has 0 spiro atoms. The molecule has 1 aliphatic rings. The zero-order valence-electron chi connectivity index (χ0n) is 14.6. The van der Waals surface area contributed by atoms with Gasteiger partial charge in [0.05, 0.1) is 11.5 Å². The Labute approximate surface area is 147 Å². The van der Waals surface area contributed by atoms with Crippen molar-refractivity contribution in [2.45, 2.75) is 32.4 Å². The molecule has 0 aliphatic carbocycles. The predicted molar refractivity (Wildman–Crippen MR) is 95.0 cm³/mol. The largest absolute Gasteiger partial charge is 0.338 e. The van der Waals surface area contributed by atoms with Gasteiger partial charge in [0, 0.05) is 30.3 Å². The van der Waals surface area contributed by atoms with Gasteiger partial charge in [0.2, 0.25) is 0 Å². The normalized spacial score (nSPS) is 19.3. The van der Waals surface area contributed by atoms with Gasteiger partial charge in [-0.15, -0.1) is 0 Å². The van der Waals surface area contributed by atoms with Crippen molar-refractivity contribution in [3.8, 4) is 11.4 Å². The smallest absolute Gasteiger partial charge is 0.253 e. The second kappa shape index (κ2) is 6.59. The Hall–Kier alpha value is -2.22. The topological polar surface area (TPSA) is 85.2 Å². The Balaban J connectivity index is 1.86. The highest BCUT2D eigenvalue weighted by molar-refractivity contribution is 7.91. The number of rotatable bonds is 4. The standard InChI is InChI=1S/C17H22N4O3S/c1-12(2)21-16(18-11-19-21)13-5-4-6-14(9-13)17(22)20(3)15-7-8-25(23,24)10-15/h4-6,9,11-12,15H,7-8,10H2,1-3H3. The van der Waals surface area contributed by atoms with Crippen LogP contribution in [-0.4, -0.2) is 58.6 Å². The summed E-state index contributed by atoms with van der Waals surface area (Å²) in [4.78, 5) is 18.6. The van der Waals surface area contributed by atoms with E-state index >= 15 is 0 Å². The van der Waals surface area contributed by atoms with Crippen LogP contribution in [-0.2, 0) is 9.84 Å². The van der Waals surface area contributed by atoms with E-state index in [0.717, 1.165) is 5.56 Å². The third-order valence-electron chi connectivity index (χ3n) is 4.51. The van der Waals surface area contributed by atoms with Crippen molar-refractivity contribution in [3.63, 3.8) is 0 Å². The van der Waals surface area contributed by atoms with Crippen LogP contribution in [0, 0.1) is 0 Å². The molecule has 1 amide bonds. The van der Waals surface area contributed by atoms with Gasteiger partial charge >= 0.3 is 0 Å². The third-order valence-corrected chi connectivity index (χ3v) is 6.26. The number of carbonyl (C=O) groups excluding carboxylic acids is 1. The van der Waals surface area contributed by atoms with E-state index < -0.39 is 9.84 Å². The van der Waals surface area contributed by atoms with Gasteiger partial charge in [-0.25, -0.2) is 18.1 Å². The summed E-state index contributed by atoms with van der Waals surface area (Å²) >= 11 is 0. The van der Waals surface area contributed by atoms with Gasteiger partial charge in [0.1, 0.15) is 6.33 Å². The van der Waals surface area contributed by atoms with Crippen molar-refractivity contribution in [1.82, 2.24) is 19.7 Å². The maximum Gasteiger partial charge on any atom is 0.253 e. The Kier molecular flexibility index (Phi) is 4.64. The van der Waals surface area contributed by atoms with Gasteiger partial charge < -0.3 is 4.90 Å². The summed E-state index contributed by atoms with van der Waals surface area (Å²) in [6.45, 7) is 4.03. The molecule has 1 aliphatic heterocycles. The summed E-state index contributed by atoms with van der Waals surface area (Å²) in [6.07, 6.45) is 1.99. The van der Waals surface area contributed by atoms with Crippen LogP contribution in [0.5, 0.6) is 0 Å². The van der Waals surface area contributed by atoms with E-state index in [1.807, 2.05) is 19.9 Å². The highest BCUT2D eigenvalue weighted by Crippen LogP contribution is 2.23. The first-order chi connectivity index (χ1) is 11.8. The Morgan fingerprint density at radius 3 is 2.76 bits per heavy atom. The van der Waals surface area contributed by atoms with Gasteiger partial charge in [-0.05, 0) is 32.4 Å². The monoisotopic (exact) mass is 362 g/mol. The first kappa shape index (κ1) is 17.6. The number of nitrogens with zero attached hydrogens (tertiary/aromatic N) is 4. The molecule has 0 bridgehead atoms. The van der Waals surface area contributed by atoms with Gasteiger partial charge in [-0.2, -0.15) is 5.10 Å². The number of hydrogen-bond acceptors (Lipinski definition) is 5. The van der Waals surface area contributed by atoms with Crippen LogP contribution in [0.4, 0.5) is 0 Å². The zero-order valence-corrected chi connectivity index (χ0v) is 15.4. The summed E-state index contributed by atoms with van der Waals surface area (Å²) < 4.78 is 25.1. The van der Waals surface area contributed by atoms with E-state index in [1.54, 1.807) is 29.9 Å². The second-order valence-electron chi connectivity index (χ2n) is 6.68. The van der Waals surface area contributed by atoms with E-state index in [2.05, 4.69) is 10.1 Å². The maximum atomic E-state index is 12.8. The fourth-order valence-corrected chi connectivity index (χ4v) is 4.85. The minimum atomic E-state index is -3.03. The van der Waals surface area contributed by atoms with Crippen LogP contribution in [0.3, 0.4) is 0 Å². The lowest BCUT2D eigenvalue weighted by molar-refractivity contribution is 0.0747. The minimum Gasteiger partial charge on any atom is -0.338 e. The average molecular weight is 362 g/mol. The number of hydrogen-bond donors (Lipinski definition) is 0. The van der Waals surface area contributed by atoms with Gasteiger partial charge in [-0.3, -0.25) is 4.79 Å². The molecule has 1 aromatic heterocycles. The lowest BCUT2D eigenvalue weighted by Gasteiger charge is -2.23. The van der Waals surface area contributed by atoms with E-state index in [4.69, 9.17) is 0 Å². The quantitative estimate of drug-likeness (QED) is 0.828. The predicted octanol–water partition coefficient (Wildman–Crippen LogP) is 1.79. The average Bonchev–Trinajstić information content (AvgIpc) is 3.20. The molecule has 0 saturated carbocycles. The van der Waals surface area contributed by atoms with Crippen LogP contribution in [0.2, 0.25) is 0 Å². The van der Waals surface area contributed by atoms with Crippen molar-refractivity contribution >= 4 is 15.7 Å². The molecule has 25 heavy (non-hydrogen) atoms. The summed E-state index contributed by atoms with van der Waals surface area (Å²) in [5.74, 6) is 0.707. The van der Waals surface area contributed by atoms with E-state index in [9.17, 15) is 13.2 Å². The minimum absolute atomic E-state index is 0.0383. The highest BCUT2D eigenvalue weighted by Gasteiger charge is 2.33. The molecule has 3 rings (SSSR count). The van der Waals surface area contributed by atoms with Crippen LogP contribution >= 0.6 is 0 Å². The van der Waals surface area contributed by atoms with Crippen molar-refractivity contribution in [3.05, 3.63) is 36.2 Å². The van der Waals surface area contributed by atoms with Gasteiger partial charge in [0.15, 0.2) is 15.7 Å². The molecule has 8 heteroatoms. The number of sulfone groups is 1. The molecule has 0 radical (unpaired) electrons. The summed E-state index contributed by atoms with van der Waals surface area (Å²) in [5, 5.41) is 4.22. The first-order valence-electron chi connectivity index (χ1n) is 8.26. The first-order valence-corrected chi connectivity index (χ1v) is 10.1. The third kappa shape index (κ3) is 3.58. The van der Waals surface area contributed by atoms with Crippen LogP contribution < -0.4 is 0 Å². The molecule has 1 saturated heterocycles. The second-order valence-corrected chi connectivity index (χ2v) is 8.90. The molecule has 1 aromatic carbocycles. The molecular formula is C17H22N4O3S. The Bertz CT molecular complexity index is 889. The van der Waals surface area contributed by atoms with Gasteiger partial charge in [0.25, 0.3) is 5.91 Å². The lowest BCUT2D eigenvalue weighted by atomic mass is 10.1. The molecule has 134 valence electrons. The summed E-state index contributed by atoms with van der Waals surface area (Å²) in [5.41, 5.74) is 1.33. The van der Waals surface area contributed by atoms with Crippen LogP contribution in [0.1, 0.15) is 36.7 Å². The molecule has 0 N–H and O–H groups in total. The van der Waals surface area contributed by atoms with Gasteiger partial charge in [-0.1, -0.05) is 12.1 Å². The Morgan fingerprint density at radius 2 is 2.12 bits per heavy atom. The van der Waals surface area contributed by atoms with Crippen LogP contribution in [0.15, 0.2) is 30.6 Å². The highest BCUT2D eigenvalue weighted by atomic mass is 32.2. The van der Waals surface area contributed by atoms with Crippen molar-refractivity contribution in [1.29, 1.82) is 0 Å². The lowest BCUT2D eigenvalue weighted by Crippen LogP contribution is -2.37. The van der Waals surface area contributed by atoms with E-state index in [-0.39, 0.29) is 29.5 Å². The molecule has 1 atom stereocenters. The SMILES string of the molecule is CC(C)n1ncnc1-c1cccc(C(=O)N(C)C2CCS(=O)(=O)C2)c1. The maximum absolute atomic E-state index is 12.8. The number of aromatic nitrogens is 3. The number of amides is 1. The van der Waals surface area contributed by atoms with E-state index in [0.29, 0.717) is 17.8 Å². The summed E-state index contributed by atoms with van der Waals surface area (Å²) in [7, 11) is -1.37. The molecule has 2 heterocycles. The molecule has 1 fully saturated rings.